The first-order chi connectivity index (χ1) is 8.03. The maximum atomic E-state index is 13.0. The highest BCUT2D eigenvalue weighted by Crippen LogP contribution is 2.34. The van der Waals surface area contributed by atoms with Crippen molar-refractivity contribution in [3.8, 4) is 5.75 Å². The lowest BCUT2D eigenvalue weighted by Crippen LogP contribution is -2.38. The van der Waals surface area contributed by atoms with Crippen molar-refractivity contribution >= 4 is 0 Å². The Kier molecular flexibility index (Phi) is 3.35. The third-order valence-electron chi connectivity index (χ3n) is 3.30. The Bertz CT molecular complexity index is 404. The zero-order valence-corrected chi connectivity index (χ0v) is 9.82. The van der Waals surface area contributed by atoms with Gasteiger partial charge in [-0.2, -0.15) is 0 Å². The van der Waals surface area contributed by atoms with E-state index in [4.69, 9.17) is 9.84 Å². The molecule has 17 heavy (non-hydrogen) atoms. The largest absolute Gasteiger partial charge is 0.487 e. The van der Waals surface area contributed by atoms with E-state index in [1.54, 1.807) is 6.92 Å². The van der Waals surface area contributed by atoms with Crippen LogP contribution in [0.3, 0.4) is 0 Å². The van der Waals surface area contributed by atoms with Gasteiger partial charge >= 0.3 is 0 Å². The second kappa shape index (κ2) is 4.63. The molecule has 1 fully saturated rings. The quantitative estimate of drug-likeness (QED) is 0.849. The molecule has 1 aliphatic rings. The van der Waals surface area contributed by atoms with E-state index < -0.39 is 11.4 Å². The van der Waals surface area contributed by atoms with Crippen molar-refractivity contribution in [3.63, 3.8) is 0 Å². The molecule has 4 heteroatoms. The molecule has 0 aromatic heterocycles. The molecule has 3 nitrogen and oxygen atoms in total. The molecule has 1 aromatic rings. The van der Waals surface area contributed by atoms with Crippen molar-refractivity contribution in [2.45, 2.75) is 44.5 Å². The lowest BCUT2D eigenvalue weighted by molar-refractivity contribution is -0.0259. The Morgan fingerprint density at radius 3 is 2.88 bits per heavy atom. The molecule has 0 aliphatic heterocycles. The Balaban J connectivity index is 2.18. The monoisotopic (exact) mass is 240 g/mol. The van der Waals surface area contributed by atoms with Crippen LogP contribution in [0.4, 0.5) is 4.39 Å². The second-order valence-electron chi connectivity index (χ2n) is 4.77. The lowest BCUT2D eigenvalue weighted by atomic mass is 10.0. The summed E-state index contributed by atoms with van der Waals surface area (Å²) in [5.41, 5.74) is -0.436. The molecule has 0 heterocycles. The Labute approximate surface area is 99.8 Å². The zero-order valence-electron chi connectivity index (χ0n) is 9.82. The minimum absolute atomic E-state index is 0.276. The summed E-state index contributed by atoms with van der Waals surface area (Å²) >= 11 is 0. The van der Waals surface area contributed by atoms with Gasteiger partial charge in [0.1, 0.15) is 17.7 Å². The van der Waals surface area contributed by atoms with Crippen LogP contribution < -0.4 is 4.74 Å². The van der Waals surface area contributed by atoms with Gasteiger partial charge in [-0.1, -0.05) is 0 Å². The number of hydrogen-bond donors (Lipinski definition) is 2. The van der Waals surface area contributed by atoms with Gasteiger partial charge in [-0.05, 0) is 44.4 Å². The van der Waals surface area contributed by atoms with Crippen molar-refractivity contribution in [2.24, 2.45) is 0 Å². The highest BCUT2D eigenvalue weighted by Gasteiger charge is 2.38. The fraction of sp³-hybridized carbons (Fsp3) is 0.538. The van der Waals surface area contributed by atoms with Crippen LogP contribution in [0.2, 0.25) is 0 Å². The van der Waals surface area contributed by atoms with E-state index >= 15 is 0 Å². The number of halogens is 1. The highest BCUT2D eigenvalue weighted by atomic mass is 19.1. The number of hydrogen-bond acceptors (Lipinski definition) is 3. The number of aliphatic hydroxyl groups excluding tert-OH is 1. The maximum Gasteiger partial charge on any atom is 0.127 e. The van der Waals surface area contributed by atoms with E-state index in [9.17, 15) is 9.50 Å². The second-order valence-corrected chi connectivity index (χ2v) is 4.77. The number of aliphatic hydroxyl groups is 2. The van der Waals surface area contributed by atoms with Crippen LogP contribution in [0, 0.1) is 5.82 Å². The molecule has 1 aromatic carbocycles. The Morgan fingerprint density at radius 2 is 2.29 bits per heavy atom. The fourth-order valence-corrected chi connectivity index (χ4v) is 2.24. The molecule has 0 amide bonds. The summed E-state index contributed by atoms with van der Waals surface area (Å²) in [5.74, 6) is 0.0423. The number of benzene rings is 1. The van der Waals surface area contributed by atoms with Crippen LogP contribution in [0.1, 0.15) is 31.7 Å². The van der Waals surface area contributed by atoms with Crippen molar-refractivity contribution in [3.05, 3.63) is 29.6 Å². The van der Waals surface area contributed by atoms with Gasteiger partial charge < -0.3 is 14.9 Å². The van der Waals surface area contributed by atoms with Crippen molar-refractivity contribution in [2.75, 3.05) is 0 Å². The average molecular weight is 240 g/mol. The molecule has 1 saturated carbocycles. The SMILES string of the molecule is CC1(O)CCCC1Oc1ccc(F)cc1CO. The molecule has 1 aliphatic carbocycles. The van der Waals surface area contributed by atoms with Crippen LogP contribution >= 0.6 is 0 Å². The van der Waals surface area contributed by atoms with Crippen molar-refractivity contribution in [1.29, 1.82) is 0 Å². The zero-order chi connectivity index (χ0) is 12.5. The Morgan fingerprint density at radius 1 is 1.53 bits per heavy atom. The molecule has 0 saturated heterocycles. The smallest absolute Gasteiger partial charge is 0.127 e. The molecule has 0 spiro atoms. The van der Waals surface area contributed by atoms with E-state index in [2.05, 4.69) is 0 Å². The summed E-state index contributed by atoms with van der Waals surface area (Å²) < 4.78 is 18.7. The van der Waals surface area contributed by atoms with Gasteiger partial charge in [0.2, 0.25) is 0 Å². The molecule has 0 radical (unpaired) electrons. The summed E-state index contributed by atoms with van der Waals surface area (Å²) in [6, 6.07) is 4.03. The van der Waals surface area contributed by atoms with Gasteiger partial charge in [0, 0.05) is 5.56 Å². The molecule has 94 valence electrons. The Hall–Kier alpha value is -1.13. The average Bonchev–Trinajstić information content (AvgIpc) is 2.61. The molecule has 2 N–H and O–H groups in total. The molecule has 2 rings (SSSR count). The molecule has 2 unspecified atom stereocenters. The van der Waals surface area contributed by atoms with Crippen molar-refractivity contribution in [1.82, 2.24) is 0 Å². The van der Waals surface area contributed by atoms with Gasteiger partial charge in [-0.3, -0.25) is 0 Å². The number of ether oxygens (including phenoxy) is 1. The predicted octanol–water partition coefficient (Wildman–Crippen LogP) is 2.00. The van der Waals surface area contributed by atoms with E-state index in [1.165, 1.54) is 18.2 Å². The fourth-order valence-electron chi connectivity index (χ4n) is 2.24. The predicted molar refractivity (Wildman–Crippen MR) is 61.2 cm³/mol. The van der Waals surface area contributed by atoms with Gasteiger partial charge in [0.05, 0.1) is 12.2 Å². The van der Waals surface area contributed by atoms with E-state index in [0.717, 1.165) is 12.8 Å². The lowest BCUT2D eigenvalue weighted by Gasteiger charge is -2.27. The first kappa shape index (κ1) is 12.3. The summed E-state index contributed by atoms with van der Waals surface area (Å²) in [7, 11) is 0. The minimum Gasteiger partial charge on any atom is -0.487 e. The van der Waals surface area contributed by atoms with Gasteiger partial charge in [0.15, 0.2) is 0 Å². The molecular weight excluding hydrogens is 223 g/mol. The third kappa shape index (κ3) is 2.58. The number of rotatable bonds is 3. The maximum absolute atomic E-state index is 13.0. The molecule has 2 atom stereocenters. The highest BCUT2D eigenvalue weighted by molar-refractivity contribution is 5.33. The van der Waals surface area contributed by atoms with Gasteiger partial charge in [-0.15, -0.1) is 0 Å². The summed E-state index contributed by atoms with van der Waals surface area (Å²) in [6.07, 6.45) is 2.09. The van der Waals surface area contributed by atoms with Gasteiger partial charge in [0.25, 0.3) is 0 Å². The van der Waals surface area contributed by atoms with Crippen LogP contribution in [-0.4, -0.2) is 21.9 Å². The molecular formula is C13H17FO3. The summed E-state index contributed by atoms with van der Waals surface area (Å²) in [4.78, 5) is 0. The minimum atomic E-state index is -0.846. The van der Waals surface area contributed by atoms with Crippen molar-refractivity contribution < 1.29 is 19.3 Å². The van der Waals surface area contributed by atoms with Crippen LogP contribution in [0.25, 0.3) is 0 Å². The van der Waals surface area contributed by atoms with Crippen LogP contribution in [0.5, 0.6) is 5.75 Å². The first-order valence-electron chi connectivity index (χ1n) is 5.81. The third-order valence-corrected chi connectivity index (χ3v) is 3.30. The van der Waals surface area contributed by atoms with Crippen LogP contribution in [-0.2, 0) is 6.61 Å². The molecule has 0 bridgehead atoms. The normalized spacial score (nSPS) is 28.4. The standard InChI is InChI=1S/C13H17FO3/c1-13(16)6-2-3-12(13)17-11-5-4-10(14)7-9(11)8-15/h4-5,7,12,15-16H,2-3,6,8H2,1H3. The van der Waals surface area contributed by atoms with E-state index in [-0.39, 0.29) is 12.7 Å². The topological polar surface area (TPSA) is 49.7 Å². The van der Waals surface area contributed by atoms with Gasteiger partial charge in [-0.25, -0.2) is 4.39 Å². The van der Waals surface area contributed by atoms with E-state index in [1.807, 2.05) is 0 Å². The van der Waals surface area contributed by atoms with E-state index in [0.29, 0.717) is 17.7 Å². The summed E-state index contributed by atoms with van der Waals surface area (Å²) in [6.45, 7) is 1.47. The van der Waals surface area contributed by atoms with Crippen LogP contribution in [0.15, 0.2) is 18.2 Å². The first-order valence-corrected chi connectivity index (χ1v) is 5.81. The summed E-state index contributed by atoms with van der Waals surface area (Å²) in [5, 5.41) is 19.2.